The van der Waals surface area contributed by atoms with Crippen LogP contribution in [0, 0.1) is 0 Å². The molecule has 0 spiro atoms. The Hall–Kier alpha value is -4.16. The number of hydrogen-bond donors (Lipinski definition) is 0. The number of pyridine rings is 1. The Morgan fingerprint density at radius 1 is 0.923 bits per heavy atom. The van der Waals surface area contributed by atoms with Crippen molar-refractivity contribution < 1.29 is 19.0 Å². The van der Waals surface area contributed by atoms with Gasteiger partial charge < -0.3 is 19.1 Å². The fraction of sp³-hybridized carbons (Fsp3) is 0.273. The van der Waals surface area contributed by atoms with Gasteiger partial charge in [0.2, 0.25) is 5.91 Å². The van der Waals surface area contributed by atoms with Gasteiger partial charge in [0, 0.05) is 37.5 Å². The zero-order valence-corrected chi connectivity index (χ0v) is 22.3. The third-order valence-electron chi connectivity index (χ3n) is 6.75. The predicted octanol–water partition coefficient (Wildman–Crippen LogP) is 5.72. The Bertz CT molecular complexity index is 1370. The summed E-state index contributed by atoms with van der Waals surface area (Å²) < 4.78 is 17.5. The summed E-state index contributed by atoms with van der Waals surface area (Å²) in [4.78, 5) is 19.5. The molecule has 0 saturated carbocycles. The number of nitrogens with zero attached hydrogens (tertiary/aromatic N) is 2. The van der Waals surface area contributed by atoms with E-state index in [2.05, 4.69) is 47.4 Å². The molecular formula is C33H34N2O4. The van der Waals surface area contributed by atoms with Crippen molar-refractivity contribution in [2.45, 2.75) is 26.3 Å². The number of benzene rings is 3. The van der Waals surface area contributed by atoms with Crippen LogP contribution in [0.4, 0.5) is 0 Å². The quantitative estimate of drug-likeness (QED) is 0.336. The van der Waals surface area contributed by atoms with Gasteiger partial charge in [-0.1, -0.05) is 48.5 Å². The van der Waals surface area contributed by atoms with E-state index in [-0.39, 0.29) is 5.91 Å². The second kappa shape index (κ2) is 13.1. The van der Waals surface area contributed by atoms with Crippen molar-refractivity contribution in [2.24, 2.45) is 0 Å². The zero-order valence-electron chi connectivity index (χ0n) is 22.3. The smallest absolute Gasteiger partial charge is 0.227 e. The SMILES string of the molecule is CCOc1ccc(CC(=O)N2CCOCCOc3ccc(-c4cccnc4)cc3Cc3cccc(c3)C2)cc1. The van der Waals surface area contributed by atoms with Gasteiger partial charge in [-0.2, -0.15) is 0 Å². The Kier molecular flexibility index (Phi) is 8.86. The van der Waals surface area contributed by atoms with Crippen molar-refractivity contribution in [1.29, 1.82) is 0 Å². The van der Waals surface area contributed by atoms with Crippen molar-refractivity contribution in [2.75, 3.05) is 33.0 Å². The molecule has 0 unspecified atom stereocenters. The lowest BCUT2D eigenvalue weighted by Gasteiger charge is -2.24. The predicted molar refractivity (Wildman–Crippen MR) is 152 cm³/mol. The van der Waals surface area contributed by atoms with Gasteiger partial charge in [-0.05, 0) is 65.1 Å². The van der Waals surface area contributed by atoms with E-state index >= 15 is 0 Å². The van der Waals surface area contributed by atoms with Crippen LogP contribution in [-0.4, -0.2) is 48.8 Å². The van der Waals surface area contributed by atoms with Crippen molar-refractivity contribution in [1.82, 2.24) is 9.88 Å². The Labute approximate surface area is 230 Å². The molecule has 0 aliphatic carbocycles. The van der Waals surface area contributed by atoms with Gasteiger partial charge in [0.15, 0.2) is 0 Å². The molecule has 0 N–H and O–H groups in total. The molecular weight excluding hydrogens is 488 g/mol. The van der Waals surface area contributed by atoms with Crippen molar-refractivity contribution >= 4 is 5.91 Å². The summed E-state index contributed by atoms with van der Waals surface area (Å²) in [6.45, 7) is 4.98. The van der Waals surface area contributed by atoms with Crippen LogP contribution in [0.25, 0.3) is 11.1 Å². The topological polar surface area (TPSA) is 60.9 Å². The van der Waals surface area contributed by atoms with Crippen molar-refractivity contribution in [3.63, 3.8) is 0 Å². The Balaban J connectivity index is 1.36. The fourth-order valence-electron chi connectivity index (χ4n) is 4.79. The third kappa shape index (κ3) is 7.24. The minimum absolute atomic E-state index is 0.0722. The van der Waals surface area contributed by atoms with Crippen LogP contribution < -0.4 is 9.47 Å². The fourth-order valence-corrected chi connectivity index (χ4v) is 4.79. The van der Waals surface area contributed by atoms with Crippen LogP contribution in [0.15, 0.2) is 91.3 Å². The summed E-state index contributed by atoms with van der Waals surface area (Å²) in [5.41, 5.74) is 6.51. The zero-order chi connectivity index (χ0) is 26.9. The molecule has 2 heterocycles. The number of carbonyl (C=O) groups excluding carboxylic acids is 1. The van der Waals surface area contributed by atoms with Gasteiger partial charge in [0.25, 0.3) is 0 Å². The molecule has 0 radical (unpaired) electrons. The van der Waals surface area contributed by atoms with Crippen LogP contribution in [0.3, 0.4) is 0 Å². The molecule has 2 bridgehead atoms. The highest BCUT2D eigenvalue weighted by atomic mass is 16.5. The molecule has 39 heavy (non-hydrogen) atoms. The maximum absolute atomic E-state index is 13.4. The second-order valence-electron chi connectivity index (χ2n) is 9.59. The standard InChI is InChI=1S/C33H34N2O4/c1-2-38-31-11-8-25(9-12-31)21-33(36)35-15-16-37-17-18-39-32-13-10-28(29-7-4-14-34-23-29)22-30(32)20-26-5-3-6-27(19-26)24-35/h3-14,19,22-23H,2,15-18,20-21,24H2,1H3. The van der Waals surface area contributed by atoms with Crippen LogP contribution in [0.1, 0.15) is 29.2 Å². The number of carbonyl (C=O) groups is 1. The van der Waals surface area contributed by atoms with Gasteiger partial charge in [-0.25, -0.2) is 0 Å². The maximum Gasteiger partial charge on any atom is 0.227 e. The summed E-state index contributed by atoms with van der Waals surface area (Å²) in [5.74, 6) is 1.75. The van der Waals surface area contributed by atoms with Crippen molar-refractivity contribution in [3.05, 3.63) is 114 Å². The Morgan fingerprint density at radius 3 is 2.62 bits per heavy atom. The lowest BCUT2D eigenvalue weighted by Crippen LogP contribution is -2.35. The highest BCUT2D eigenvalue weighted by Crippen LogP contribution is 2.29. The van der Waals surface area contributed by atoms with E-state index in [0.29, 0.717) is 45.9 Å². The van der Waals surface area contributed by atoms with Crippen LogP contribution in [0.2, 0.25) is 0 Å². The molecule has 0 atom stereocenters. The molecule has 1 aliphatic rings. The number of rotatable bonds is 5. The van der Waals surface area contributed by atoms with Gasteiger partial charge in [-0.3, -0.25) is 9.78 Å². The van der Waals surface area contributed by atoms with E-state index < -0.39 is 0 Å². The molecule has 1 aliphatic heterocycles. The van der Waals surface area contributed by atoms with Gasteiger partial charge in [0.1, 0.15) is 18.1 Å². The van der Waals surface area contributed by atoms with E-state index in [4.69, 9.17) is 14.2 Å². The highest BCUT2D eigenvalue weighted by Gasteiger charge is 2.16. The van der Waals surface area contributed by atoms with Crippen LogP contribution in [0.5, 0.6) is 11.5 Å². The van der Waals surface area contributed by atoms with Crippen LogP contribution >= 0.6 is 0 Å². The summed E-state index contributed by atoms with van der Waals surface area (Å²) in [6.07, 6.45) is 4.71. The normalized spacial score (nSPS) is 14.0. The molecule has 200 valence electrons. The molecule has 6 heteroatoms. The van der Waals surface area contributed by atoms with Gasteiger partial charge in [0.05, 0.1) is 26.2 Å². The number of amides is 1. The monoisotopic (exact) mass is 522 g/mol. The molecule has 0 fully saturated rings. The molecule has 1 aromatic heterocycles. The van der Waals surface area contributed by atoms with Crippen molar-refractivity contribution in [3.8, 4) is 22.6 Å². The summed E-state index contributed by atoms with van der Waals surface area (Å²) in [6, 6.07) is 26.5. The minimum Gasteiger partial charge on any atom is -0.494 e. The minimum atomic E-state index is 0.0722. The molecule has 4 aromatic rings. The molecule has 3 aromatic carbocycles. The lowest BCUT2D eigenvalue weighted by atomic mass is 9.98. The first kappa shape index (κ1) is 26.4. The van der Waals surface area contributed by atoms with Gasteiger partial charge >= 0.3 is 0 Å². The van der Waals surface area contributed by atoms with E-state index in [1.165, 1.54) is 5.56 Å². The first-order valence-electron chi connectivity index (χ1n) is 13.5. The number of ether oxygens (including phenoxy) is 3. The average molecular weight is 523 g/mol. The Morgan fingerprint density at radius 2 is 1.79 bits per heavy atom. The molecule has 0 saturated heterocycles. The first-order valence-corrected chi connectivity index (χ1v) is 13.5. The first-order chi connectivity index (χ1) is 19.2. The van der Waals surface area contributed by atoms with E-state index in [0.717, 1.165) is 45.7 Å². The number of hydrogen-bond acceptors (Lipinski definition) is 5. The molecule has 6 nitrogen and oxygen atoms in total. The summed E-state index contributed by atoms with van der Waals surface area (Å²) >= 11 is 0. The van der Waals surface area contributed by atoms with Gasteiger partial charge in [-0.15, -0.1) is 0 Å². The summed E-state index contributed by atoms with van der Waals surface area (Å²) in [7, 11) is 0. The summed E-state index contributed by atoms with van der Waals surface area (Å²) in [5, 5.41) is 0. The molecule has 1 amide bonds. The van der Waals surface area contributed by atoms with E-state index in [1.54, 1.807) is 6.20 Å². The highest BCUT2D eigenvalue weighted by molar-refractivity contribution is 5.79. The largest absolute Gasteiger partial charge is 0.494 e. The lowest BCUT2D eigenvalue weighted by molar-refractivity contribution is -0.131. The molecule has 5 rings (SSSR count). The van der Waals surface area contributed by atoms with Crippen LogP contribution in [-0.2, 0) is 28.9 Å². The van der Waals surface area contributed by atoms with E-state index in [9.17, 15) is 4.79 Å². The van der Waals surface area contributed by atoms with E-state index in [1.807, 2.05) is 54.4 Å². The maximum atomic E-state index is 13.4. The second-order valence-corrected chi connectivity index (χ2v) is 9.59. The number of aromatic nitrogens is 1. The third-order valence-corrected chi connectivity index (χ3v) is 6.75. The number of fused-ring (bicyclic) bond motifs is 3. The average Bonchev–Trinajstić information content (AvgIpc) is 2.96.